The first kappa shape index (κ1) is 17.6. The molecule has 0 radical (unpaired) electrons. The molecule has 0 saturated carbocycles. The lowest BCUT2D eigenvalue weighted by Crippen LogP contribution is -2.45. The Kier molecular flexibility index (Phi) is 4.88. The van der Waals surface area contributed by atoms with Gasteiger partial charge in [0.25, 0.3) is 0 Å². The number of benzene rings is 1. The number of carbonyl (C=O) groups is 2. The van der Waals surface area contributed by atoms with Gasteiger partial charge in [0.2, 0.25) is 18.6 Å². The van der Waals surface area contributed by atoms with E-state index in [2.05, 4.69) is 20.8 Å². The van der Waals surface area contributed by atoms with Gasteiger partial charge in [0.15, 0.2) is 11.5 Å². The summed E-state index contributed by atoms with van der Waals surface area (Å²) < 4.78 is 10.7. The summed E-state index contributed by atoms with van der Waals surface area (Å²) in [6.07, 6.45) is 0.259. The number of ether oxygens (including phenoxy) is 2. The van der Waals surface area contributed by atoms with Crippen molar-refractivity contribution in [3.05, 3.63) is 18.2 Å². The van der Waals surface area contributed by atoms with Crippen molar-refractivity contribution in [3.8, 4) is 11.5 Å². The van der Waals surface area contributed by atoms with E-state index in [9.17, 15) is 9.59 Å². The summed E-state index contributed by atoms with van der Waals surface area (Å²) in [7, 11) is 0. The van der Waals surface area contributed by atoms with Crippen LogP contribution in [0, 0.1) is 11.8 Å². The molecule has 0 N–H and O–H groups in total. The van der Waals surface area contributed by atoms with Gasteiger partial charge in [-0.2, -0.15) is 0 Å². The molecule has 2 atom stereocenters. The number of hydrogen-bond acceptors (Lipinski definition) is 4. The lowest BCUT2D eigenvalue weighted by atomic mass is 10.0. The van der Waals surface area contributed by atoms with Gasteiger partial charge in [-0.1, -0.05) is 13.8 Å². The number of rotatable bonds is 5. The minimum absolute atomic E-state index is 0.0227. The van der Waals surface area contributed by atoms with E-state index in [4.69, 9.17) is 9.47 Å². The van der Waals surface area contributed by atoms with E-state index in [0.717, 1.165) is 5.69 Å². The fourth-order valence-corrected chi connectivity index (χ4v) is 3.41. The van der Waals surface area contributed by atoms with Crippen LogP contribution in [0.4, 0.5) is 5.69 Å². The van der Waals surface area contributed by atoms with Crippen LogP contribution in [0.1, 0.15) is 34.1 Å². The first-order chi connectivity index (χ1) is 11.9. The molecule has 136 valence electrons. The average Bonchev–Trinajstić information content (AvgIpc) is 3.20. The highest BCUT2D eigenvalue weighted by Gasteiger charge is 2.38. The highest BCUT2D eigenvalue weighted by atomic mass is 16.7. The Labute approximate surface area is 148 Å². The molecule has 0 unspecified atom stereocenters. The molecule has 2 heterocycles. The van der Waals surface area contributed by atoms with Crippen LogP contribution in [0.2, 0.25) is 0 Å². The number of anilines is 1. The molecule has 1 saturated heterocycles. The van der Waals surface area contributed by atoms with Crippen LogP contribution in [-0.2, 0) is 9.59 Å². The van der Waals surface area contributed by atoms with Crippen molar-refractivity contribution in [1.82, 2.24) is 4.90 Å². The summed E-state index contributed by atoms with van der Waals surface area (Å²) in [5.74, 6) is 1.46. The molecular formula is C19H26N2O4. The molecule has 1 aromatic rings. The molecule has 0 bridgehead atoms. The molecule has 6 heteroatoms. The van der Waals surface area contributed by atoms with Crippen molar-refractivity contribution in [2.24, 2.45) is 11.8 Å². The van der Waals surface area contributed by atoms with Crippen molar-refractivity contribution >= 4 is 17.5 Å². The van der Waals surface area contributed by atoms with Crippen molar-refractivity contribution in [2.75, 3.05) is 24.8 Å². The van der Waals surface area contributed by atoms with Crippen molar-refractivity contribution < 1.29 is 19.1 Å². The van der Waals surface area contributed by atoms with E-state index in [0.29, 0.717) is 30.5 Å². The zero-order valence-electron chi connectivity index (χ0n) is 15.3. The van der Waals surface area contributed by atoms with E-state index in [1.165, 1.54) is 0 Å². The maximum absolute atomic E-state index is 12.9. The Morgan fingerprint density at radius 3 is 2.68 bits per heavy atom. The predicted molar refractivity (Wildman–Crippen MR) is 94.7 cm³/mol. The number of hydrogen-bond donors (Lipinski definition) is 0. The smallest absolute Gasteiger partial charge is 0.231 e. The molecule has 25 heavy (non-hydrogen) atoms. The maximum Gasteiger partial charge on any atom is 0.231 e. The molecule has 0 aliphatic carbocycles. The SMILES string of the molecule is CCN(C(=O)[C@H]1CC(=O)N(c2ccc3c(c2)OCO3)C1)[C@H](C)C(C)C. The van der Waals surface area contributed by atoms with Gasteiger partial charge in [-0.25, -0.2) is 0 Å². The lowest BCUT2D eigenvalue weighted by Gasteiger charge is -2.32. The van der Waals surface area contributed by atoms with E-state index < -0.39 is 0 Å². The third kappa shape index (κ3) is 3.30. The number of nitrogens with zero attached hydrogens (tertiary/aromatic N) is 2. The highest BCUT2D eigenvalue weighted by Crippen LogP contribution is 2.37. The number of amides is 2. The Bertz CT molecular complexity index is 673. The van der Waals surface area contributed by atoms with E-state index in [1.54, 1.807) is 17.0 Å². The van der Waals surface area contributed by atoms with Crippen LogP contribution < -0.4 is 14.4 Å². The summed E-state index contributed by atoms with van der Waals surface area (Å²) in [5, 5.41) is 0. The van der Waals surface area contributed by atoms with Crippen LogP contribution in [0.15, 0.2) is 18.2 Å². The van der Waals surface area contributed by atoms with E-state index in [-0.39, 0.29) is 37.0 Å². The maximum atomic E-state index is 12.9. The monoisotopic (exact) mass is 346 g/mol. The number of carbonyl (C=O) groups excluding carboxylic acids is 2. The van der Waals surface area contributed by atoms with Gasteiger partial charge in [-0.3, -0.25) is 9.59 Å². The Morgan fingerprint density at radius 1 is 1.28 bits per heavy atom. The average molecular weight is 346 g/mol. The predicted octanol–water partition coefficient (Wildman–Crippen LogP) is 2.66. The molecule has 2 aliphatic rings. The first-order valence-electron chi connectivity index (χ1n) is 8.92. The lowest BCUT2D eigenvalue weighted by molar-refractivity contribution is -0.138. The molecule has 0 spiro atoms. The molecule has 2 amide bonds. The van der Waals surface area contributed by atoms with Gasteiger partial charge in [0.1, 0.15) is 0 Å². The van der Waals surface area contributed by atoms with Crippen molar-refractivity contribution in [3.63, 3.8) is 0 Å². The molecule has 6 nitrogen and oxygen atoms in total. The second-order valence-corrected chi connectivity index (χ2v) is 7.05. The quantitative estimate of drug-likeness (QED) is 0.822. The highest BCUT2D eigenvalue weighted by molar-refractivity contribution is 6.00. The Hall–Kier alpha value is -2.24. The van der Waals surface area contributed by atoms with Gasteiger partial charge in [0, 0.05) is 37.3 Å². The van der Waals surface area contributed by atoms with Crippen molar-refractivity contribution in [1.29, 1.82) is 0 Å². The largest absolute Gasteiger partial charge is 0.454 e. The van der Waals surface area contributed by atoms with Crippen LogP contribution in [0.3, 0.4) is 0 Å². The zero-order valence-corrected chi connectivity index (χ0v) is 15.3. The summed E-state index contributed by atoms with van der Waals surface area (Å²) >= 11 is 0. The molecule has 1 aromatic carbocycles. The zero-order chi connectivity index (χ0) is 18.1. The van der Waals surface area contributed by atoms with Gasteiger partial charge in [-0.15, -0.1) is 0 Å². The molecular weight excluding hydrogens is 320 g/mol. The van der Waals surface area contributed by atoms with Gasteiger partial charge in [-0.05, 0) is 31.9 Å². The summed E-state index contributed by atoms with van der Waals surface area (Å²) in [6.45, 7) is 9.55. The van der Waals surface area contributed by atoms with Gasteiger partial charge < -0.3 is 19.3 Å². The summed E-state index contributed by atoms with van der Waals surface area (Å²) in [4.78, 5) is 29.0. The Balaban J connectivity index is 1.74. The molecule has 2 aliphatic heterocycles. The molecule has 1 fully saturated rings. The van der Waals surface area contributed by atoms with Crippen LogP contribution in [-0.4, -0.2) is 42.6 Å². The second-order valence-electron chi connectivity index (χ2n) is 7.05. The minimum atomic E-state index is -0.293. The van der Waals surface area contributed by atoms with E-state index in [1.807, 2.05) is 17.9 Å². The Morgan fingerprint density at radius 2 is 2.00 bits per heavy atom. The van der Waals surface area contributed by atoms with E-state index >= 15 is 0 Å². The van der Waals surface area contributed by atoms with Crippen LogP contribution in [0.5, 0.6) is 11.5 Å². The third-order valence-electron chi connectivity index (χ3n) is 5.22. The standard InChI is InChI=1S/C19H26N2O4/c1-5-20(13(4)12(2)3)19(23)14-8-18(22)21(10-14)15-6-7-16-17(9-15)25-11-24-16/h6-7,9,12-14H,5,8,10-11H2,1-4H3/t13-,14+/m1/s1. The summed E-state index contributed by atoms with van der Waals surface area (Å²) in [5.41, 5.74) is 0.754. The topological polar surface area (TPSA) is 59.1 Å². The van der Waals surface area contributed by atoms with Crippen molar-refractivity contribution in [2.45, 2.75) is 40.2 Å². The number of fused-ring (bicyclic) bond motifs is 1. The molecule has 0 aromatic heterocycles. The van der Waals surface area contributed by atoms with Crippen LogP contribution >= 0.6 is 0 Å². The fourth-order valence-electron chi connectivity index (χ4n) is 3.41. The van der Waals surface area contributed by atoms with Crippen LogP contribution in [0.25, 0.3) is 0 Å². The fraction of sp³-hybridized carbons (Fsp3) is 0.579. The second kappa shape index (κ2) is 6.94. The summed E-state index contributed by atoms with van der Waals surface area (Å²) in [6, 6.07) is 5.61. The molecule has 3 rings (SSSR count). The first-order valence-corrected chi connectivity index (χ1v) is 8.92. The van der Waals surface area contributed by atoms with Gasteiger partial charge >= 0.3 is 0 Å². The third-order valence-corrected chi connectivity index (χ3v) is 5.22. The minimum Gasteiger partial charge on any atom is -0.454 e. The normalized spacial score (nSPS) is 20.3. The van der Waals surface area contributed by atoms with Gasteiger partial charge in [0.05, 0.1) is 5.92 Å².